The van der Waals surface area contributed by atoms with Gasteiger partial charge in [-0.3, -0.25) is 0 Å². The van der Waals surface area contributed by atoms with Crippen LogP contribution < -0.4 is 5.32 Å². The van der Waals surface area contributed by atoms with E-state index < -0.39 is 12.0 Å². The van der Waals surface area contributed by atoms with Crippen LogP contribution in [0.5, 0.6) is 0 Å². The zero-order valence-electron chi connectivity index (χ0n) is 11.1. The van der Waals surface area contributed by atoms with Crippen molar-refractivity contribution in [3.63, 3.8) is 0 Å². The van der Waals surface area contributed by atoms with Gasteiger partial charge >= 0.3 is 5.97 Å². The lowest BCUT2D eigenvalue weighted by Crippen LogP contribution is -2.21. The maximum absolute atomic E-state index is 11.5. The number of anilines is 1. The molecule has 0 aliphatic heterocycles. The molecule has 0 saturated carbocycles. The molecule has 2 rings (SSSR count). The van der Waals surface area contributed by atoms with Gasteiger partial charge in [0, 0.05) is 5.69 Å². The summed E-state index contributed by atoms with van der Waals surface area (Å²) in [4.78, 5) is 11.5. The summed E-state index contributed by atoms with van der Waals surface area (Å²) in [7, 11) is 0. The van der Waals surface area contributed by atoms with E-state index in [9.17, 15) is 9.90 Å². The second-order valence-electron chi connectivity index (χ2n) is 4.64. The van der Waals surface area contributed by atoms with Crippen LogP contribution in [0, 0.1) is 13.8 Å². The van der Waals surface area contributed by atoms with E-state index in [2.05, 4.69) is 5.32 Å². The molecule has 0 fully saturated rings. The van der Waals surface area contributed by atoms with Crippen molar-refractivity contribution < 1.29 is 9.90 Å². The van der Waals surface area contributed by atoms with E-state index >= 15 is 0 Å². The van der Waals surface area contributed by atoms with Crippen LogP contribution in [-0.4, -0.2) is 11.1 Å². The Hall–Kier alpha value is -2.29. The molecule has 1 atom stereocenters. The second kappa shape index (κ2) is 5.57. The number of carboxylic acids is 1. The highest BCUT2D eigenvalue weighted by molar-refractivity contribution is 5.79. The fourth-order valence-electron chi connectivity index (χ4n) is 2.04. The topological polar surface area (TPSA) is 49.3 Å². The van der Waals surface area contributed by atoms with Crippen LogP contribution in [0.1, 0.15) is 22.7 Å². The van der Waals surface area contributed by atoms with Crippen molar-refractivity contribution in [3.05, 3.63) is 65.2 Å². The van der Waals surface area contributed by atoms with Crippen molar-refractivity contribution in [2.45, 2.75) is 19.9 Å². The van der Waals surface area contributed by atoms with E-state index in [1.165, 1.54) is 0 Å². The highest BCUT2D eigenvalue weighted by atomic mass is 16.4. The van der Waals surface area contributed by atoms with E-state index in [4.69, 9.17) is 0 Å². The van der Waals surface area contributed by atoms with Gasteiger partial charge < -0.3 is 10.4 Å². The molecule has 98 valence electrons. The van der Waals surface area contributed by atoms with E-state index in [-0.39, 0.29) is 0 Å². The maximum atomic E-state index is 11.5. The van der Waals surface area contributed by atoms with E-state index in [0.29, 0.717) is 0 Å². The molecule has 0 aliphatic carbocycles. The largest absolute Gasteiger partial charge is 0.479 e. The predicted molar refractivity (Wildman–Crippen MR) is 76.4 cm³/mol. The Morgan fingerprint density at radius 1 is 1.11 bits per heavy atom. The number of hydrogen-bond acceptors (Lipinski definition) is 2. The standard InChI is InChI=1S/C16H17NO2/c1-11-8-9-12(2)14(10-11)15(16(18)19)17-13-6-4-3-5-7-13/h3-10,15,17H,1-2H3,(H,18,19). The van der Waals surface area contributed by atoms with Gasteiger partial charge in [0.05, 0.1) is 0 Å². The smallest absolute Gasteiger partial charge is 0.330 e. The van der Waals surface area contributed by atoms with Gasteiger partial charge in [0.25, 0.3) is 0 Å². The number of benzene rings is 2. The molecule has 0 aromatic heterocycles. The first kappa shape index (κ1) is 13.1. The van der Waals surface area contributed by atoms with Gasteiger partial charge in [-0.25, -0.2) is 4.79 Å². The summed E-state index contributed by atoms with van der Waals surface area (Å²) in [5.74, 6) is -0.877. The van der Waals surface area contributed by atoms with Crippen LogP contribution in [0.25, 0.3) is 0 Å². The summed E-state index contributed by atoms with van der Waals surface area (Å²) >= 11 is 0. The molecule has 2 aromatic rings. The monoisotopic (exact) mass is 255 g/mol. The van der Waals surface area contributed by atoms with Gasteiger partial charge in [-0.15, -0.1) is 0 Å². The first-order valence-electron chi connectivity index (χ1n) is 6.19. The summed E-state index contributed by atoms with van der Waals surface area (Å²) in [6.07, 6.45) is 0. The fourth-order valence-corrected chi connectivity index (χ4v) is 2.04. The first-order chi connectivity index (χ1) is 9.08. The van der Waals surface area contributed by atoms with Crippen molar-refractivity contribution >= 4 is 11.7 Å². The summed E-state index contributed by atoms with van der Waals surface area (Å²) in [6, 6.07) is 14.5. The number of hydrogen-bond donors (Lipinski definition) is 2. The Bertz CT molecular complexity index is 579. The third-order valence-corrected chi connectivity index (χ3v) is 3.08. The van der Waals surface area contributed by atoms with Crippen LogP contribution in [0.2, 0.25) is 0 Å². The summed E-state index contributed by atoms with van der Waals surface area (Å²) < 4.78 is 0. The molecule has 2 N–H and O–H groups in total. The number of aryl methyl sites for hydroxylation is 2. The molecule has 19 heavy (non-hydrogen) atoms. The minimum absolute atomic E-state index is 0.734. The Balaban J connectivity index is 2.35. The van der Waals surface area contributed by atoms with Crippen LogP contribution >= 0.6 is 0 Å². The zero-order valence-corrected chi connectivity index (χ0v) is 11.1. The molecule has 0 spiro atoms. The van der Waals surface area contributed by atoms with Crippen LogP contribution in [0.3, 0.4) is 0 Å². The highest BCUT2D eigenvalue weighted by Gasteiger charge is 2.21. The number of para-hydroxylation sites is 1. The molecular formula is C16H17NO2. The lowest BCUT2D eigenvalue weighted by molar-refractivity contribution is -0.138. The Labute approximate surface area is 112 Å². The van der Waals surface area contributed by atoms with Crippen molar-refractivity contribution in [3.8, 4) is 0 Å². The molecule has 0 amide bonds. The highest BCUT2D eigenvalue weighted by Crippen LogP contribution is 2.23. The maximum Gasteiger partial charge on any atom is 0.330 e. The minimum Gasteiger partial charge on any atom is -0.479 e. The van der Waals surface area contributed by atoms with Crippen LogP contribution in [0.4, 0.5) is 5.69 Å². The lowest BCUT2D eigenvalue weighted by Gasteiger charge is -2.18. The average molecular weight is 255 g/mol. The first-order valence-corrected chi connectivity index (χ1v) is 6.19. The van der Waals surface area contributed by atoms with E-state index in [1.807, 2.05) is 62.4 Å². The average Bonchev–Trinajstić information content (AvgIpc) is 2.40. The molecule has 0 bridgehead atoms. The molecule has 3 nitrogen and oxygen atoms in total. The quantitative estimate of drug-likeness (QED) is 0.878. The third kappa shape index (κ3) is 3.13. The fraction of sp³-hybridized carbons (Fsp3) is 0.188. The number of aliphatic carboxylic acids is 1. The summed E-state index contributed by atoms with van der Waals surface area (Å²) in [5.41, 5.74) is 3.63. The molecule has 0 heterocycles. The second-order valence-corrected chi connectivity index (χ2v) is 4.64. The Morgan fingerprint density at radius 2 is 1.79 bits per heavy atom. The van der Waals surface area contributed by atoms with Crippen molar-refractivity contribution in [1.82, 2.24) is 0 Å². The van der Waals surface area contributed by atoms with E-state index in [0.717, 1.165) is 22.4 Å². The van der Waals surface area contributed by atoms with E-state index in [1.54, 1.807) is 0 Å². The van der Waals surface area contributed by atoms with Crippen molar-refractivity contribution in [1.29, 1.82) is 0 Å². The third-order valence-electron chi connectivity index (χ3n) is 3.08. The van der Waals surface area contributed by atoms with Crippen molar-refractivity contribution in [2.24, 2.45) is 0 Å². The molecule has 0 aliphatic rings. The molecule has 2 aromatic carbocycles. The van der Waals surface area contributed by atoms with Gasteiger partial charge in [0.2, 0.25) is 0 Å². The molecule has 0 saturated heterocycles. The number of carbonyl (C=O) groups is 1. The van der Waals surface area contributed by atoms with Gasteiger partial charge in [-0.2, -0.15) is 0 Å². The molecule has 3 heteroatoms. The number of carboxylic acid groups (broad SMARTS) is 1. The SMILES string of the molecule is Cc1ccc(C)c(C(Nc2ccccc2)C(=O)O)c1. The normalized spacial score (nSPS) is 11.9. The molecule has 1 unspecified atom stereocenters. The Kier molecular flexibility index (Phi) is 3.85. The summed E-state index contributed by atoms with van der Waals surface area (Å²) in [5, 5.41) is 12.5. The predicted octanol–water partition coefficient (Wildman–Crippen LogP) is 3.54. The lowest BCUT2D eigenvalue weighted by atomic mass is 9.98. The van der Waals surface area contributed by atoms with Gasteiger partial charge in [-0.05, 0) is 37.1 Å². The zero-order chi connectivity index (χ0) is 13.8. The van der Waals surface area contributed by atoms with Gasteiger partial charge in [0.15, 0.2) is 6.04 Å². The van der Waals surface area contributed by atoms with Crippen LogP contribution in [0.15, 0.2) is 48.5 Å². The van der Waals surface area contributed by atoms with Gasteiger partial charge in [0.1, 0.15) is 0 Å². The molecule has 0 radical (unpaired) electrons. The Morgan fingerprint density at radius 3 is 2.42 bits per heavy atom. The number of nitrogens with one attached hydrogen (secondary N) is 1. The van der Waals surface area contributed by atoms with Gasteiger partial charge in [-0.1, -0.05) is 42.0 Å². The van der Waals surface area contributed by atoms with Crippen molar-refractivity contribution in [2.75, 3.05) is 5.32 Å². The summed E-state index contributed by atoms with van der Waals surface area (Å²) in [6.45, 7) is 3.89. The van der Waals surface area contributed by atoms with Crippen LogP contribution in [-0.2, 0) is 4.79 Å². The minimum atomic E-state index is -0.877. The molecular weight excluding hydrogens is 238 g/mol. The number of rotatable bonds is 4.